The Morgan fingerprint density at radius 1 is 1.17 bits per heavy atom. The van der Waals surface area contributed by atoms with Crippen molar-refractivity contribution in [3.8, 4) is 5.75 Å². The van der Waals surface area contributed by atoms with Crippen molar-refractivity contribution in [3.05, 3.63) is 18.5 Å². The van der Waals surface area contributed by atoms with Crippen LogP contribution in [-0.4, -0.2) is 35.0 Å². The first-order chi connectivity index (χ1) is 10.8. The van der Waals surface area contributed by atoms with Crippen LogP contribution < -0.4 is 10.2 Å². The van der Waals surface area contributed by atoms with Gasteiger partial charge in [0, 0.05) is 17.6 Å². The molecular weight excluding hydrogens is 291 g/mol. The average molecular weight is 314 g/mol. The monoisotopic (exact) mass is 314 g/mol. The van der Waals surface area contributed by atoms with Crippen LogP contribution in [-0.2, 0) is 9.31 Å². The Morgan fingerprint density at radius 3 is 2.39 bits per heavy atom. The molecule has 2 heterocycles. The van der Waals surface area contributed by atoms with E-state index in [9.17, 15) is 0 Å². The van der Waals surface area contributed by atoms with Gasteiger partial charge in [-0.1, -0.05) is 0 Å². The van der Waals surface area contributed by atoms with Gasteiger partial charge in [0.15, 0.2) is 0 Å². The summed E-state index contributed by atoms with van der Waals surface area (Å²) in [5.74, 6) is 0.790. The molecule has 23 heavy (non-hydrogen) atoms. The van der Waals surface area contributed by atoms with Gasteiger partial charge in [-0.15, -0.1) is 0 Å². The molecule has 2 aliphatic rings. The summed E-state index contributed by atoms with van der Waals surface area (Å²) in [6.45, 7) is 8.22. The van der Waals surface area contributed by atoms with Crippen LogP contribution in [0.1, 0.15) is 46.6 Å². The molecule has 0 spiro atoms. The summed E-state index contributed by atoms with van der Waals surface area (Å²) in [6, 6.07) is 4.68. The first-order valence-corrected chi connectivity index (χ1v) is 8.22. The fraction of sp³-hybridized carbons (Fsp3) is 0.588. The van der Waals surface area contributed by atoms with Crippen molar-refractivity contribution in [1.29, 1.82) is 0 Å². The zero-order valence-electron chi connectivity index (χ0n) is 14.4. The number of ether oxygens (including phenoxy) is 1. The lowest BCUT2D eigenvalue weighted by Gasteiger charge is -2.32. The molecule has 122 valence electrons. The second-order valence-corrected chi connectivity index (χ2v) is 7.55. The van der Waals surface area contributed by atoms with E-state index in [1.165, 1.54) is 12.8 Å². The molecule has 0 radical (unpaired) electrons. The van der Waals surface area contributed by atoms with Gasteiger partial charge in [-0.2, -0.15) is 0 Å². The van der Waals surface area contributed by atoms with Gasteiger partial charge in [-0.25, -0.2) is 4.98 Å². The van der Waals surface area contributed by atoms with Crippen LogP contribution in [0.5, 0.6) is 5.75 Å². The third-order valence-electron chi connectivity index (χ3n) is 5.37. The summed E-state index contributed by atoms with van der Waals surface area (Å²) >= 11 is 0. The van der Waals surface area contributed by atoms with Gasteiger partial charge in [0.2, 0.25) is 0 Å². The summed E-state index contributed by atoms with van der Waals surface area (Å²) in [7, 11) is 1.25. The molecule has 0 N–H and O–H groups in total. The molecule has 0 amide bonds. The van der Waals surface area contributed by atoms with E-state index < -0.39 is 7.12 Å². The van der Waals surface area contributed by atoms with E-state index in [2.05, 4.69) is 43.3 Å². The lowest BCUT2D eigenvalue weighted by Crippen LogP contribution is -2.41. The minimum atomic E-state index is -0.439. The Hall–Kier alpha value is -1.53. The summed E-state index contributed by atoms with van der Waals surface area (Å²) in [4.78, 5) is 4.56. The molecule has 5 nitrogen and oxygen atoms in total. The Balaban J connectivity index is 1.78. The minimum absolute atomic E-state index is 0.370. The maximum Gasteiger partial charge on any atom is 0.498 e. The molecule has 6 heteroatoms. The summed E-state index contributed by atoms with van der Waals surface area (Å²) < 4.78 is 20.2. The van der Waals surface area contributed by atoms with Gasteiger partial charge in [0.25, 0.3) is 0 Å². The summed E-state index contributed by atoms with van der Waals surface area (Å²) in [6.07, 6.45) is 4.38. The van der Waals surface area contributed by atoms with Crippen LogP contribution in [0.4, 0.5) is 0 Å². The number of benzene rings is 1. The molecule has 1 aromatic carbocycles. The van der Waals surface area contributed by atoms with Crippen molar-refractivity contribution >= 4 is 23.6 Å². The highest BCUT2D eigenvalue weighted by molar-refractivity contribution is 6.63. The molecule has 2 fully saturated rings. The maximum atomic E-state index is 6.17. The van der Waals surface area contributed by atoms with Crippen molar-refractivity contribution in [3.63, 3.8) is 0 Å². The zero-order valence-corrected chi connectivity index (χ0v) is 14.4. The van der Waals surface area contributed by atoms with E-state index in [4.69, 9.17) is 14.0 Å². The predicted octanol–water partition coefficient (Wildman–Crippen LogP) is 2.68. The Morgan fingerprint density at radius 2 is 1.83 bits per heavy atom. The standard InChI is InChI=1S/C17H23BN2O3/c1-16(2)17(3,4)23-18(22-16)12-8-13-14(9-15(12)21-5)20(10-19-13)11-6-7-11/h8-11H,6-7H2,1-5H3. The Bertz CT molecular complexity index is 749. The number of nitrogens with zero attached hydrogens (tertiary/aromatic N) is 2. The van der Waals surface area contributed by atoms with Crippen LogP contribution in [0, 0.1) is 0 Å². The third-order valence-corrected chi connectivity index (χ3v) is 5.37. The van der Waals surface area contributed by atoms with Gasteiger partial charge in [0.05, 0.1) is 35.7 Å². The molecule has 1 saturated carbocycles. The van der Waals surface area contributed by atoms with E-state index >= 15 is 0 Å². The van der Waals surface area contributed by atoms with Gasteiger partial charge >= 0.3 is 7.12 Å². The first-order valence-electron chi connectivity index (χ1n) is 8.22. The lowest BCUT2D eigenvalue weighted by molar-refractivity contribution is 0.00578. The third kappa shape index (κ3) is 2.27. The highest BCUT2D eigenvalue weighted by Gasteiger charge is 2.52. The number of fused-ring (bicyclic) bond motifs is 1. The molecule has 1 aliphatic carbocycles. The Kier molecular flexibility index (Phi) is 3.10. The second-order valence-electron chi connectivity index (χ2n) is 7.55. The summed E-state index contributed by atoms with van der Waals surface area (Å²) in [5, 5.41) is 0. The van der Waals surface area contributed by atoms with Gasteiger partial charge in [0.1, 0.15) is 5.75 Å². The molecule has 4 rings (SSSR count). The van der Waals surface area contributed by atoms with Crippen molar-refractivity contribution in [1.82, 2.24) is 9.55 Å². The van der Waals surface area contributed by atoms with Crippen LogP contribution in [0.2, 0.25) is 0 Å². The topological polar surface area (TPSA) is 45.5 Å². The second kappa shape index (κ2) is 4.74. The zero-order chi connectivity index (χ0) is 16.4. The first kappa shape index (κ1) is 15.0. The highest BCUT2D eigenvalue weighted by atomic mass is 16.7. The van der Waals surface area contributed by atoms with E-state index in [-0.39, 0.29) is 11.2 Å². The average Bonchev–Trinajstić information content (AvgIpc) is 3.19. The number of aromatic nitrogens is 2. The molecule has 1 aromatic heterocycles. The smallest absolute Gasteiger partial charge is 0.497 e. The number of rotatable bonds is 3. The molecule has 0 bridgehead atoms. The van der Waals surface area contributed by atoms with E-state index in [1.54, 1.807) is 7.11 Å². The van der Waals surface area contributed by atoms with Gasteiger partial charge < -0.3 is 18.6 Å². The molecular formula is C17H23BN2O3. The number of methoxy groups -OCH3 is 1. The normalized spacial score (nSPS) is 22.7. The molecule has 0 atom stereocenters. The largest absolute Gasteiger partial charge is 0.498 e. The fourth-order valence-electron chi connectivity index (χ4n) is 3.05. The number of hydrogen-bond donors (Lipinski definition) is 0. The van der Waals surface area contributed by atoms with E-state index in [1.807, 2.05) is 12.4 Å². The van der Waals surface area contributed by atoms with Crippen LogP contribution in [0.25, 0.3) is 11.0 Å². The fourth-order valence-corrected chi connectivity index (χ4v) is 3.05. The van der Waals surface area contributed by atoms with Crippen molar-refractivity contribution in [2.45, 2.75) is 57.8 Å². The van der Waals surface area contributed by atoms with E-state index in [0.717, 1.165) is 22.2 Å². The van der Waals surface area contributed by atoms with Crippen molar-refractivity contribution in [2.75, 3.05) is 7.11 Å². The molecule has 1 saturated heterocycles. The number of hydrogen-bond acceptors (Lipinski definition) is 4. The molecule has 1 aliphatic heterocycles. The Labute approximate surface area is 137 Å². The minimum Gasteiger partial charge on any atom is -0.497 e. The molecule has 0 unspecified atom stereocenters. The quantitative estimate of drug-likeness (QED) is 0.817. The van der Waals surface area contributed by atoms with Crippen LogP contribution >= 0.6 is 0 Å². The van der Waals surface area contributed by atoms with Crippen molar-refractivity contribution in [2.24, 2.45) is 0 Å². The van der Waals surface area contributed by atoms with Gasteiger partial charge in [-0.3, -0.25) is 0 Å². The van der Waals surface area contributed by atoms with Gasteiger partial charge in [-0.05, 0) is 46.6 Å². The lowest BCUT2D eigenvalue weighted by atomic mass is 9.78. The maximum absolute atomic E-state index is 6.17. The van der Waals surface area contributed by atoms with Crippen LogP contribution in [0.3, 0.4) is 0 Å². The van der Waals surface area contributed by atoms with Crippen LogP contribution in [0.15, 0.2) is 18.5 Å². The molecule has 2 aromatic rings. The SMILES string of the molecule is COc1cc2c(cc1B1OC(C)(C)C(C)(C)O1)ncn2C1CC1. The number of imidazole rings is 1. The summed E-state index contributed by atoms with van der Waals surface area (Å²) in [5.41, 5.74) is 2.24. The predicted molar refractivity (Wildman–Crippen MR) is 90.3 cm³/mol. The van der Waals surface area contributed by atoms with E-state index in [0.29, 0.717) is 6.04 Å². The van der Waals surface area contributed by atoms with Crippen molar-refractivity contribution < 1.29 is 14.0 Å². The highest BCUT2D eigenvalue weighted by Crippen LogP contribution is 2.39.